The number of rotatable bonds is 8. The van der Waals surface area contributed by atoms with E-state index >= 15 is 0 Å². The lowest BCUT2D eigenvalue weighted by Crippen LogP contribution is -2.19. The lowest BCUT2D eigenvalue weighted by atomic mass is 10.2. The van der Waals surface area contributed by atoms with Crippen LogP contribution in [0.3, 0.4) is 0 Å². The molecular formula is C15H24N2O3. The standard InChI is InChI=1S/C15H24N2O3/c1-12-5-6-15(18)14(17-12)10-16-7-3-8-19-11-13-4-2-9-20-13/h5-6,13,16,18H,2-4,7-11H2,1H3. The third-order valence-corrected chi connectivity index (χ3v) is 3.35. The second-order valence-electron chi connectivity index (χ2n) is 5.16. The van der Waals surface area contributed by atoms with Gasteiger partial charge in [-0.25, -0.2) is 0 Å². The second kappa shape index (κ2) is 8.19. The van der Waals surface area contributed by atoms with Crippen LogP contribution in [0.5, 0.6) is 5.75 Å². The van der Waals surface area contributed by atoms with Crippen LogP contribution in [0.4, 0.5) is 0 Å². The fraction of sp³-hybridized carbons (Fsp3) is 0.667. The van der Waals surface area contributed by atoms with Crippen LogP contribution in [-0.4, -0.2) is 42.6 Å². The smallest absolute Gasteiger partial charge is 0.138 e. The van der Waals surface area contributed by atoms with Gasteiger partial charge < -0.3 is 19.9 Å². The van der Waals surface area contributed by atoms with Crippen molar-refractivity contribution in [3.63, 3.8) is 0 Å². The van der Waals surface area contributed by atoms with Crippen molar-refractivity contribution in [2.24, 2.45) is 0 Å². The Hall–Kier alpha value is -1.17. The number of aromatic nitrogens is 1. The van der Waals surface area contributed by atoms with Gasteiger partial charge in [-0.3, -0.25) is 4.98 Å². The van der Waals surface area contributed by atoms with E-state index in [0.717, 1.165) is 44.7 Å². The van der Waals surface area contributed by atoms with Gasteiger partial charge in [-0.15, -0.1) is 0 Å². The summed E-state index contributed by atoms with van der Waals surface area (Å²) in [6.07, 6.45) is 3.52. The molecule has 1 aliphatic heterocycles. The Bertz CT molecular complexity index is 406. The Balaban J connectivity index is 1.51. The molecule has 0 radical (unpaired) electrons. The minimum absolute atomic E-state index is 0.248. The number of aryl methyl sites for hydroxylation is 1. The van der Waals surface area contributed by atoms with E-state index in [1.54, 1.807) is 12.1 Å². The summed E-state index contributed by atoms with van der Waals surface area (Å²) in [6.45, 7) is 5.67. The largest absolute Gasteiger partial charge is 0.506 e. The van der Waals surface area contributed by atoms with Gasteiger partial charge in [-0.05, 0) is 44.9 Å². The van der Waals surface area contributed by atoms with E-state index in [4.69, 9.17) is 9.47 Å². The Morgan fingerprint density at radius 3 is 3.20 bits per heavy atom. The fourth-order valence-electron chi connectivity index (χ4n) is 2.23. The molecule has 1 fully saturated rings. The van der Waals surface area contributed by atoms with Gasteiger partial charge >= 0.3 is 0 Å². The molecule has 0 aromatic carbocycles. The van der Waals surface area contributed by atoms with Gasteiger partial charge in [-0.2, -0.15) is 0 Å². The molecule has 0 saturated carbocycles. The van der Waals surface area contributed by atoms with Gasteiger partial charge in [0.05, 0.1) is 18.4 Å². The maximum Gasteiger partial charge on any atom is 0.138 e. The summed E-state index contributed by atoms with van der Waals surface area (Å²) in [5, 5.41) is 12.9. The van der Waals surface area contributed by atoms with E-state index in [1.807, 2.05) is 6.92 Å². The van der Waals surface area contributed by atoms with Crippen molar-refractivity contribution in [3.05, 3.63) is 23.5 Å². The Morgan fingerprint density at radius 1 is 1.50 bits per heavy atom. The lowest BCUT2D eigenvalue weighted by Gasteiger charge is -2.10. The molecule has 0 amide bonds. The molecule has 1 aromatic rings. The summed E-state index contributed by atoms with van der Waals surface area (Å²) < 4.78 is 11.1. The third-order valence-electron chi connectivity index (χ3n) is 3.35. The summed E-state index contributed by atoms with van der Waals surface area (Å²) in [5.74, 6) is 0.248. The summed E-state index contributed by atoms with van der Waals surface area (Å²) >= 11 is 0. The van der Waals surface area contributed by atoms with E-state index in [1.165, 1.54) is 0 Å². The van der Waals surface area contributed by atoms with Crippen molar-refractivity contribution in [2.75, 3.05) is 26.4 Å². The molecule has 0 aliphatic carbocycles. The minimum Gasteiger partial charge on any atom is -0.506 e. The van der Waals surface area contributed by atoms with Crippen molar-refractivity contribution in [1.29, 1.82) is 0 Å². The summed E-state index contributed by atoms with van der Waals surface area (Å²) in [7, 11) is 0. The van der Waals surface area contributed by atoms with Crippen molar-refractivity contribution >= 4 is 0 Å². The first-order valence-electron chi connectivity index (χ1n) is 7.31. The number of aromatic hydroxyl groups is 1. The molecule has 1 aromatic heterocycles. The summed E-state index contributed by atoms with van der Waals surface area (Å²) in [6, 6.07) is 3.49. The van der Waals surface area contributed by atoms with Crippen LogP contribution in [0.1, 0.15) is 30.7 Å². The highest BCUT2D eigenvalue weighted by molar-refractivity contribution is 5.27. The predicted octanol–water partition coefficient (Wildman–Crippen LogP) is 1.77. The third kappa shape index (κ3) is 5.07. The van der Waals surface area contributed by atoms with Gasteiger partial charge in [0.15, 0.2) is 0 Å². The van der Waals surface area contributed by atoms with Crippen LogP contribution in [0, 0.1) is 6.92 Å². The molecule has 5 heteroatoms. The van der Waals surface area contributed by atoms with Crippen LogP contribution >= 0.6 is 0 Å². The number of ether oxygens (including phenoxy) is 2. The molecule has 0 bridgehead atoms. The topological polar surface area (TPSA) is 63.6 Å². The van der Waals surface area contributed by atoms with Crippen LogP contribution in [0.25, 0.3) is 0 Å². The molecule has 1 atom stereocenters. The quantitative estimate of drug-likeness (QED) is 0.711. The fourth-order valence-corrected chi connectivity index (χ4v) is 2.23. The maximum atomic E-state index is 9.66. The highest BCUT2D eigenvalue weighted by atomic mass is 16.5. The van der Waals surface area contributed by atoms with E-state index in [-0.39, 0.29) is 5.75 Å². The highest BCUT2D eigenvalue weighted by Crippen LogP contribution is 2.14. The summed E-state index contributed by atoms with van der Waals surface area (Å²) in [5.41, 5.74) is 1.62. The van der Waals surface area contributed by atoms with Crippen molar-refractivity contribution < 1.29 is 14.6 Å². The molecule has 1 aliphatic rings. The van der Waals surface area contributed by atoms with E-state index in [2.05, 4.69) is 10.3 Å². The molecule has 2 heterocycles. The first-order valence-corrected chi connectivity index (χ1v) is 7.31. The number of nitrogens with one attached hydrogen (secondary N) is 1. The van der Waals surface area contributed by atoms with Crippen LogP contribution in [0.15, 0.2) is 12.1 Å². The van der Waals surface area contributed by atoms with Gasteiger partial charge in [-0.1, -0.05) is 0 Å². The van der Waals surface area contributed by atoms with E-state index in [9.17, 15) is 5.11 Å². The Labute approximate surface area is 120 Å². The molecular weight excluding hydrogens is 256 g/mol. The van der Waals surface area contributed by atoms with Gasteiger partial charge in [0.1, 0.15) is 5.75 Å². The number of pyridine rings is 1. The van der Waals surface area contributed by atoms with Gasteiger partial charge in [0.25, 0.3) is 0 Å². The zero-order chi connectivity index (χ0) is 14.2. The molecule has 112 valence electrons. The van der Waals surface area contributed by atoms with Gasteiger partial charge in [0, 0.05) is 25.5 Å². The van der Waals surface area contributed by atoms with Crippen LogP contribution in [0.2, 0.25) is 0 Å². The normalized spacial score (nSPS) is 18.6. The van der Waals surface area contributed by atoms with E-state index in [0.29, 0.717) is 24.9 Å². The number of hydrogen-bond donors (Lipinski definition) is 2. The predicted molar refractivity (Wildman–Crippen MR) is 76.8 cm³/mol. The van der Waals surface area contributed by atoms with Crippen LogP contribution in [-0.2, 0) is 16.0 Å². The van der Waals surface area contributed by atoms with Gasteiger partial charge in [0.2, 0.25) is 0 Å². The summed E-state index contributed by atoms with van der Waals surface area (Å²) in [4.78, 5) is 4.30. The van der Waals surface area contributed by atoms with Crippen molar-refractivity contribution in [3.8, 4) is 5.75 Å². The monoisotopic (exact) mass is 280 g/mol. The molecule has 1 saturated heterocycles. The Morgan fingerprint density at radius 2 is 2.40 bits per heavy atom. The molecule has 2 N–H and O–H groups in total. The first-order chi connectivity index (χ1) is 9.75. The maximum absolute atomic E-state index is 9.66. The molecule has 20 heavy (non-hydrogen) atoms. The van der Waals surface area contributed by atoms with Crippen molar-refractivity contribution in [1.82, 2.24) is 10.3 Å². The molecule has 5 nitrogen and oxygen atoms in total. The number of hydrogen-bond acceptors (Lipinski definition) is 5. The minimum atomic E-state index is 0.248. The van der Waals surface area contributed by atoms with E-state index < -0.39 is 0 Å². The zero-order valence-electron chi connectivity index (χ0n) is 12.1. The molecule has 0 spiro atoms. The first kappa shape index (κ1) is 15.2. The van der Waals surface area contributed by atoms with Crippen LogP contribution < -0.4 is 5.32 Å². The second-order valence-corrected chi connectivity index (χ2v) is 5.16. The highest BCUT2D eigenvalue weighted by Gasteiger charge is 2.14. The number of nitrogens with zero attached hydrogens (tertiary/aromatic N) is 1. The SMILES string of the molecule is Cc1ccc(O)c(CNCCCOCC2CCCO2)n1. The molecule has 2 rings (SSSR count). The molecule has 1 unspecified atom stereocenters. The average molecular weight is 280 g/mol. The van der Waals surface area contributed by atoms with Crippen molar-refractivity contribution in [2.45, 2.75) is 38.8 Å². The lowest BCUT2D eigenvalue weighted by molar-refractivity contribution is 0.0166. The zero-order valence-corrected chi connectivity index (χ0v) is 12.1. The Kier molecular flexibility index (Phi) is 6.24. The average Bonchev–Trinajstić information content (AvgIpc) is 2.94.